The minimum atomic E-state index is -0.540. The first-order valence-electron chi connectivity index (χ1n) is 7.41. The van der Waals surface area contributed by atoms with Crippen LogP contribution in [0.5, 0.6) is 0 Å². The zero-order valence-corrected chi connectivity index (χ0v) is 11.5. The Balaban J connectivity index is 1.94. The molecular formula is C14H28N2O2. The van der Waals surface area contributed by atoms with Gasteiger partial charge in [0.15, 0.2) is 0 Å². The number of hydrogen-bond donors (Lipinski definition) is 4. The maximum atomic E-state index is 9.40. The molecule has 1 saturated heterocycles. The molecular weight excluding hydrogens is 228 g/mol. The molecule has 2 aliphatic rings. The van der Waals surface area contributed by atoms with Gasteiger partial charge in [-0.05, 0) is 45.1 Å². The molecule has 1 aliphatic carbocycles. The van der Waals surface area contributed by atoms with Gasteiger partial charge in [0.25, 0.3) is 0 Å². The Kier molecular flexibility index (Phi) is 5.01. The van der Waals surface area contributed by atoms with E-state index >= 15 is 0 Å². The van der Waals surface area contributed by atoms with E-state index in [0.717, 1.165) is 6.54 Å². The minimum Gasteiger partial charge on any atom is -0.394 e. The average molecular weight is 256 g/mol. The third-order valence-electron chi connectivity index (χ3n) is 4.67. The second-order valence-electron chi connectivity index (χ2n) is 6.28. The highest BCUT2D eigenvalue weighted by Gasteiger charge is 2.37. The summed E-state index contributed by atoms with van der Waals surface area (Å²) in [6.07, 6.45) is 7.59. The van der Waals surface area contributed by atoms with Crippen LogP contribution in [0.3, 0.4) is 0 Å². The number of rotatable bonds is 5. The second kappa shape index (κ2) is 6.33. The van der Waals surface area contributed by atoms with Crippen LogP contribution in [0.2, 0.25) is 0 Å². The monoisotopic (exact) mass is 256 g/mol. The molecule has 2 rings (SSSR count). The van der Waals surface area contributed by atoms with Gasteiger partial charge in [-0.25, -0.2) is 0 Å². The van der Waals surface area contributed by atoms with Gasteiger partial charge in [0.2, 0.25) is 0 Å². The predicted molar refractivity (Wildman–Crippen MR) is 72.5 cm³/mol. The summed E-state index contributed by atoms with van der Waals surface area (Å²) in [5, 5.41) is 26.0. The highest BCUT2D eigenvalue weighted by Crippen LogP contribution is 2.32. The van der Waals surface area contributed by atoms with Crippen molar-refractivity contribution in [1.29, 1.82) is 0 Å². The first-order chi connectivity index (χ1) is 8.68. The van der Waals surface area contributed by atoms with Crippen LogP contribution in [0.4, 0.5) is 0 Å². The Morgan fingerprint density at radius 1 is 1.11 bits per heavy atom. The second-order valence-corrected chi connectivity index (χ2v) is 6.28. The molecule has 0 aromatic carbocycles. The van der Waals surface area contributed by atoms with Crippen molar-refractivity contribution in [1.82, 2.24) is 10.6 Å². The zero-order chi connectivity index (χ0) is 13.0. The van der Waals surface area contributed by atoms with Gasteiger partial charge in [0.05, 0.1) is 18.8 Å². The molecule has 0 bridgehead atoms. The molecule has 3 unspecified atom stereocenters. The van der Waals surface area contributed by atoms with Crippen LogP contribution in [0.15, 0.2) is 0 Å². The van der Waals surface area contributed by atoms with Crippen molar-refractivity contribution in [3.05, 3.63) is 0 Å². The predicted octanol–water partition coefficient (Wildman–Crippen LogP) is 0.630. The zero-order valence-electron chi connectivity index (χ0n) is 11.5. The fraction of sp³-hybridized carbons (Fsp3) is 1.00. The topological polar surface area (TPSA) is 64.5 Å². The molecule has 0 aromatic rings. The van der Waals surface area contributed by atoms with E-state index in [1.165, 1.54) is 38.5 Å². The molecule has 3 atom stereocenters. The highest BCUT2D eigenvalue weighted by molar-refractivity contribution is 4.96. The lowest BCUT2D eigenvalue weighted by molar-refractivity contribution is 0.0839. The molecule has 4 nitrogen and oxygen atoms in total. The quantitative estimate of drug-likeness (QED) is 0.582. The summed E-state index contributed by atoms with van der Waals surface area (Å²) >= 11 is 0. The number of piperidine rings is 1. The lowest BCUT2D eigenvalue weighted by Gasteiger charge is -2.37. The lowest BCUT2D eigenvalue weighted by Crippen LogP contribution is -2.57. The summed E-state index contributed by atoms with van der Waals surface area (Å²) in [7, 11) is 0. The van der Waals surface area contributed by atoms with E-state index < -0.39 is 5.54 Å². The van der Waals surface area contributed by atoms with Crippen molar-refractivity contribution in [3.63, 3.8) is 0 Å². The maximum Gasteiger partial charge on any atom is 0.0633 e. The molecule has 18 heavy (non-hydrogen) atoms. The van der Waals surface area contributed by atoms with Crippen molar-refractivity contribution in [2.75, 3.05) is 19.8 Å². The van der Waals surface area contributed by atoms with E-state index in [-0.39, 0.29) is 13.2 Å². The van der Waals surface area contributed by atoms with Crippen LogP contribution in [-0.4, -0.2) is 47.6 Å². The summed E-state index contributed by atoms with van der Waals surface area (Å²) in [6.45, 7) is 3.03. The molecule has 4 N–H and O–H groups in total. The van der Waals surface area contributed by atoms with Gasteiger partial charge in [-0.15, -0.1) is 0 Å². The van der Waals surface area contributed by atoms with E-state index in [9.17, 15) is 10.2 Å². The normalized spacial score (nSPS) is 33.8. The summed E-state index contributed by atoms with van der Waals surface area (Å²) in [5.74, 6) is 0.655. The van der Waals surface area contributed by atoms with Crippen LogP contribution in [0.1, 0.15) is 45.4 Å². The average Bonchev–Trinajstić information content (AvgIpc) is 2.87. The largest absolute Gasteiger partial charge is 0.394 e. The van der Waals surface area contributed by atoms with Crippen LogP contribution in [0.25, 0.3) is 0 Å². The number of aliphatic hydroxyl groups excluding tert-OH is 2. The summed E-state index contributed by atoms with van der Waals surface area (Å²) in [4.78, 5) is 0. The number of nitrogens with one attached hydrogen (secondary N) is 2. The molecule has 0 amide bonds. The first-order valence-corrected chi connectivity index (χ1v) is 7.41. The molecule has 1 aliphatic heterocycles. The Morgan fingerprint density at radius 2 is 1.89 bits per heavy atom. The number of aliphatic hydroxyl groups is 2. The first kappa shape index (κ1) is 14.3. The van der Waals surface area contributed by atoms with Crippen molar-refractivity contribution in [2.45, 2.75) is 63.1 Å². The Bertz CT molecular complexity index is 250. The number of hydrogen-bond acceptors (Lipinski definition) is 4. The van der Waals surface area contributed by atoms with E-state index in [0.29, 0.717) is 18.0 Å². The van der Waals surface area contributed by atoms with Crippen molar-refractivity contribution >= 4 is 0 Å². The standard InChI is InChI=1S/C14H28N2O2/c1-14(9-17,10-18)16-13-7-4-5-11(13)12-6-2-3-8-15-12/h11-13,15-18H,2-10H2,1H3. The highest BCUT2D eigenvalue weighted by atomic mass is 16.3. The summed E-state index contributed by atoms with van der Waals surface area (Å²) < 4.78 is 0. The third kappa shape index (κ3) is 3.23. The fourth-order valence-electron chi connectivity index (χ4n) is 3.48. The Morgan fingerprint density at radius 3 is 2.50 bits per heavy atom. The molecule has 4 heteroatoms. The fourth-order valence-corrected chi connectivity index (χ4v) is 3.48. The van der Waals surface area contributed by atoms with Crippen LogP contribution in [0, 0.1) is 5.92 Å². The SMILES string of the molecule is CC(CO)(CO)NC1CCCC1C1CCCCN1. The van der Waals surface area contributed by atoms with Gasteiger partial charge in [0, 0.05) is 12.1 Å². The van der Waals surface area contributed by atoms with E-state index in [1.807, 2.05) is 6.92 Å². The van der Waals surface area contributed by atoms with Gasteiger partial charge in [-0.2, -0.15) is 0 Å². The van der Waals surface area contributed by atoms with Gasteiger partial charge in [0.1, 0.15) is 0 Å². The maximum absolute atomic E-state index is 9.40. The molecule has 106 valence electrons. The van der Waals surface area contributed by atoms with Crippen LogP contribution >= 0.6 is 0 Å². The van der Waals surface area contributed by atoms with Gasteiger partial charge in [-0.3, -0.25) is 0 Å². The van der Waals surface area contributed by atoms with Crippen molar-refractivity contribution in [2.24, 2.45) is 5.92 Å². The lowest BCUT2D eigenvalue weighted by atomic mass is 9.87. The van der Waals surface area contributed by atoms with E-state index in [2.05, 4.69) is 10.6 Å². The summed E-state index contributed by atoms with van der Waals surface area (Å²) in [5.41, 5.74) is -0.540. The van der Waals surface area contributed by atoms with E-state index in [4.69, 9.17) is 0 Å². The molecule has 1 saturated carbocycles. The van der Waals surface area contributed by atoms with Crippen LogP contribution in [-0.2, 0) is 0 Å². The molecule has 0 aromatic heterocycles. The van der Waals surface area contributed by atoms with Gasteiger partial charge < -0.3 is 20.8 Å². The van der Waals surface area contributed by atoms with Gasteiger partial charge in [-0.1, -0.05) is 12.8 Å². The summed E-state index contributed by atoms with van der Waals surface area (Å²) in [6, 6.07) is 1.06. The Hall–Kier alpha value is -0.160. The molecule has 2 fully saturated rings. The Labute approximate surface area is 110 Å². The smallest absolute Gasteiger partial charge is 0.0633 e. The van der Waals surface area contributed by atoms with Crippen molar-refractivity contribution < 1.29 is 10.2 Å². The molecule has 0 radical (unpaired) electrons. The van der Waals surface area contributed by atoms with Crippen LogP contribution < -0.4 is 10.6 Å². The van der Waals surface area contributed by atoms with Crippen molar-refractivity contribution in [3.8, 4) is 0 Å². The minimum absolute atomic E-state index is 0.00911. The van der Waals surface area contributed by atoms with Gasteiger partial charge >= 0.3 is 0 Å². The molecule has 1 heterocycles. The third-order valence-corrected chi connectivity index (χ3v) is 4.67. The van der Waals surface area contributed by atoms with E-state index in [1.54, 1.807) is 0 Å². The molecule has 0 spiro atoms.